The van der Waals surface area contributed by atoms with Gasteiger partial charge in [-0.2, -0.15) is 5.10 Å². The Morgan fingerprint density at radius 2 is 1.67 bits per heavy atom. The Bertz CT molecular complexity index is 1150. The summed E-state index contributed by atoms with van der Waals surface area (Å²) in [5, 5.41) is 4.87. The Morgan fingerprint density at radius 1 is 0.944 bits per heavy atom. The van der Waals surface area contributed by atoms with Crippen LogP contribution in [0.15, 0.2) is 77.9 Å². The van der Waals surface area contributed by atoms with Gasteiger partial charge in [0.1, 0.15) is 6.61 Å². The average Bonchev–Trinajstić information content (AvgIpc) is 2.91. The lowest BCUT2D eigenvalue weighted by Gasteiger charge is -2.34. The zero-order valence-electron chi connectivity index (χ0n) is 20.4. The maximum atomic E-state index is 12.4. The summed E-state index contributed by atoms with van der Waals surface area (Å²) < 4.78 is 11.4. The summed E-state index contributed by atoms with van der Waals surface area (Å²) in [6.07, 6.45) is 1.60. The van der Waals surface area contributed by atoms with E-state index in [1.807, 2.05) is 60.7 Å². The SMILES string of the molecule is COc1cc(/C=N/NC(=O)CN2CCN(Cc3ccc(Cl)cc3)CC2)ccc1OCc1ccccc1. The normalized spacial score (nSPS) is 14.6. The quantitative estimate of drug-likeness (QED) is 0.330. The van der Waals surface area contributed by atoms with E-state index in [9.17, 15) is 4.79 Å². The van der Waals surface area contributed by atoms with E-state index in [0.29, 0.717) is 24.7 Å². The average molecular weight is 507 g/mol. The second-order valence-electron chi connectivity index (χ2n) is 8.66. The molecule has 36 heavy (non-hydrogen) atoms. The summed E-state index contributed by atoms with van der Waals surface area (Å²) >= 11 is 5.97. The van der Waals surface area contributed by atoms with Crippen molar-refractivity contribution in [1.29, 1.82) is 0 Å². The van der Waals surface area contributed by atoms with Gasteiger partial charge in [0, 0.05) is 37.7 Å². The number of hydrogen-bond donors (Lipinski definition) is 1. The first-order chi connectivity index (χ1) is 17.6. The lowest BCUT2D eigenvalue weighted by Crippen LogP contribution is -2.48. The highest BCUT2D eigenvalue weighted by Gasteiger charge is 2.19. The van der Waals surface area contributed by atoms with Crippen molar-refractivity contribution in [3.63, 3.8) is 0 Å². The number of rotatable bonds is 10. The minimum Gasteiger partial charge on any atom is -0.493 e. The molecule has 1 amide bonds. The molecule has 1 fully saturated rings. The summed E-state index contributed by atoms with van der Waals surface area (Å²) in [6.45, 7) is 5.17. The molecular formula is C28H31ClN4O3. The molecule has 1 saturated heterocycles. The molecule has 0 spiro atoms. The smallest absolute Gasteiger partial charge is 0.254 e. The van der Waals surface area contributed by atoms with Gasteiger partial charge in [-0.15, -0.1) is 0 Å². The fourth-order valence-corrected chi connectivity index (χ4v) is 4.12. The Hall–Kier alpha value is -3.39. The number of piperazine rings is 1. The highest BCUT2D eigenvalue weighted by molar-refractivity contribution is 6.30. The first-order valence-electron chi connectivity index (χ1n) is 11.9. The third-order valence-corrected chi connectivity index (χ3v) is 6.23. The van der Waals surface area contributed by atoms with Gasteiger partial charge < -0.3 is 9.47 Å². The van der Waals surface area contributed by atoms with E-state index < -0.39 is 0 Å². The van der Waals surface area contributed by atoms with Crippen molar-refractivity contribution in [3.8, 4) is 11.5 Å². The molecule has 0 bridgehead atoms. The number of carbonyl (C=O) groups excluding carboxylic acids is 1. The molecule has 0 radical (unpaired) electrons. The molecule has 0 aliphatic carbocycles. The van der Waals surface area contributed by atoms with Crippen LogP contribution in [0.4, 0.5) is 0 Å². The Kier molecular flexibility index (Phi) is 9.33. The number of hydrogen-bond acceptors (Lipinski definition) is 6. The summed E-state index contributed by atoms with van der Waals surface area (Å²) in [7, 11) is 1.60. The van der Waals surface area contributed by atoms with E-state index in [0.717, 1.165) is 48.9 Å². The Balaban J connectivity index is 1.20. The molecule has 188 valence electrons. The minimum atomic E-state index is -0.132. The van der Waals surface area contributed by atoms with Crippen molar-refractivity contribution in [1.82, 2.24) is 15.2 Å². The molecule has 7 nitrogen and oxygen atoms in total. The fourth-order valence-electron chi connectivity index (χ4n) is 3.99. The first kappa shape index (κ1) is 25.7. The molecule has 0 saturated carbocycles. The first-order valence-corrected chi connectivity index (χ1v) is 12.3. The summed E-state index contributed by atoms with van der Waals surface area (Å²) in [5.74, 6) is 1.13. The van der Waals surface area contributed by atoms with Crippen LogP contribution in [0.1, 0.15) is 16.7 Å². The number of amides is 1. The Morgan fingerprint density at radius 3 is 2.39 bits per heavy atom. The van der Waals surface area contributed by atoms with E-state index in [1.165, 1.54) is 5.56 Å². The maximum Gasteiger partial charge on any atom is 0.254 e. The van der Waals surface area contributed by atoms with Crippen LogP contribution in [-0.2, 0) is 17.9 Å². The van der Waals surface area contributed by atoms with Crippen LogP contribution in [-0.4, -0.2) is 61.8 Å². The summed E-state index contributed by atoms with van der Waals surface area (Å²) in [5.41, 5.74) is 5.75. The topological polar surface area (TPSA) is 66.4 Å². The van der Waals surface area contributed by atoms with E-state index in [1.54, 1.807) is 13.3 Å². The van der Waals surface area contributed by atoms with Crippen molar-refractivity contribution in [2.75, 3.05) is 39.8 Å². The van der Waals surface area contributed by atoms with Crippen LogP contribution in [0.25, 0.3) is 0 Å². The van der Waals surface area contributed by atoms with Crippen molar-refractivity contribution in [3.05, 3.63) is 94.5 Å². The van der Waals surface area contributed by atoms with Gasteiger partial charge in [0.2, 0.25) is 0 Å². The van der Waals surface area contributed by atoms with Crippen molar-refractivity contribution < 1.29 is 14.3 Å². The molecule has 3 aromatic rings. The molecule has 0 unspecified atom stereocenters. The van der Waals surface area contributed by atoms with Crippen LogP contribution in [0.5, 0.6) is 11.5 Å². The predicted molar refractivity (Wildman–Crippen MR) is 143 cm³/mol. The van der Waals surface area contributed by atoms with Gasteiger partial charge in [0.05, 0.1) is 19.9 Å². The molecule has 8 heteroatoms. The molecule has 1 aliphatic heterocycles. The number of hydrazone groups is 1. The van der Waals surface area contributed by atoms with Crippen molar-refractivity contribution in [2.24, 2.45) is 5.10 Å². The van der Waals surface area contributed by atoms with Gasteiger partial charge in [-0.25, -0.2) is 5.43 Å². The largest absolute Gasteiger partial charge is 0.493 e. The van der Waals surface area contributed by atoms with Crippen LogP contribution in [0.2, 0.25) is 5.02 Å². The van der Waals surface area contributed by atoms with Crippen LogP contribution >= 0.6 is 11.6 Å². The lowest BCUT2D eigenvalue weighted by atomic mass is 10.2. The lowest BCUT2D eigenvalue weighted by molar-refractivity contribution is -0.122. The van der Waals surface area contributed by atoms with Gasteiger partial charge in [0.15, 0.2) is 11.5 Å². The van der Waals surface area contributed by atoms with Gasteiger partial charge >= 0.3 is 0 Å². The third kappa shape index (κ3) is 7.81. The number of methoxy groups -OCH3 is 1. The minimum absolute atomic E-state index is 0.132. The number of nitrogens with zero attached hydrogens (tertiary/aromatic N) is 3. The molecular weight excluding hydrogens is 476 g/mol. The van der Waals surface area contributed by atoms with Crippen molar-refractivity contribution >= 4 is 23.7 Å². The van der Waals surface area contributed by atoms with Crippen molar-refractivity contribution in [2.45, 2.75) is 13.2 Å². The van der Waals surface area contributed by atoms with Crippen LogP contribution in [0.3, 0.4) is 0 Å². The zero-order valence-corrected chi connectivity index (χ0v) is 21.2. The summed E-state index contributed by atoms with van der Waals surface area (Å²) in [4.78, 5) is 16.9. The number of carbonyl (C=O) groups is 1. The molecule has 1 heterocycles. The maximum absolute atomic E-state index is 12.4. The van der Waals surface area contributed by atoms with Gasteiger partial charge in [0.25, 0.3) is 5.91 Å². The molecule has 4 rings (SSSR count). The highest BCUT2D eigenvalue weighted by atomic mass is 35.5. The predicted octanol–water partition coefficient (Wildman–Crippen LogP) is 4.20. The number of halogens is 1. The van der Waals surface area contributed by atoms with Gasteiger partial charge in [-0.05, 0) is 47.0 Å². The molecule has 1 N–H and O–H groups in total. The van der Waals surface area contributed by atoms with E-state index >= 15 is 0 Å². The number of nitrogens with one attached hydrogen (secondary N) is 1. The second kappa shape index (κ2) is 13.1. The Labute approximate surface area is 217 Å². The zero-order chi connectivity index (χ0) is 25.2. The van der Waals surface area contributed by atoms with E-state index in [2.05, 4.69) is 32.5 Å². The van der Waals surface area contributed by atoms with Gasteiger partial charge in [-0.1, -0.05) is 54.1 Å². The van der Waals surface area contributed by atoms with E-state index in [4.69, 9.17) is 21.1 Å². The molecule has 1 aliphatic rings. The monoisotopic (exact) mass is 506 g/mol. The number of benzene rings is 3. The van der Waals surface area contributed by atoms with Crippen LogP contribution in [0, 0.1) is 0 Å². The second-order valence-corrected chi connectivity index (χ2v) is 9.09. The fraction of sp³-hybridized carbons (Fsp3) is 0.286. The molecule has 3 aromatic carbocycles. The molecule has 0 aromatic heterocycles. The van der Waals surface area contributed by atoms with Crippen LogP contribution < -0.4 is 14.9 Å². The van der Waals surface area contributed by atoms with E-state index in [-0.39, 0.29) is 5.91 Å². The highest BCUT2D eigenvalue weighted by Crippen LogP contribution is 2.28. The number of ether oxygens (including phenoxy) is 2. The molecule has 0 atom stereocenters. The standard InChI is InChI=1S/C28H31ClN4O3/c1-35-27-17-24(9-12-26(27)36-21-23-5-3-2-4-6-23)18-30-31-28(34)20-33-15-13-32(14-16-33)19-22-7-10-25(29)11-8-22/h2-12,17-18H,13-16,19-21H2,1H3,(H,31,34)/b30-18+. The third-order valence-electron chi connectivity index (χ3n) is 5.98. The summed E-state index contributed by atoms with van der Waals surface area (Å²) in [6, 6.07) is 23.4. The van der Waals surface area contributed by atoms with Gasteiger partial charge in [-0.3, -0.25) is 14.6 Å².